The molecule has 4 heteroatoms. The zero-order chi connectivity index (χ0) is 18.5. The van der Waals surface area contributed by atoms with E-state index in [2.05, 4.69) is 6.92 Å². The SMILES string of the molecule is CCCCCCCCCCCCCC(=O)c1cccc(C(=O)O)c1N. The highest BCUT2D eigenvalue weighted by molar-refractivity contribution is 6.06. The Balaban J connectivity index is 2.15. The molecule has 0 unspecified atom stereocenters. The Hall–Kier alpha value is -1.84. The second-order valence-corrected chi connectivity index (χ2v) is 6.78. The number of carboxylic acids is 1. The predicted octanol–water partition coefficient (Wildman–Crippen LogP) is 5.85. The van der Waals surface area contributed by atoms with Crippen LogP contribution in [-0.2, 0) is 0 Å². The van der Waals surface area contributed by atoms with Gasteiger partial charge in [-0.3, -0.25) is 4.79 Å². The van der Waals surface area contributed by atoms with E-state index in [-0.39, 0.29) is 17.0 Å². The average molecular weight is 347 g/mol. The van der Waals surface area contributed by atoms with E-state index >= 15 is 0 Å². The summed E-state index contributed by atoms with van der Waals surface area (Å²) in [6, 6.07) is 4.62. The molecule has 25 heavy (non-hydrogen) atoms. The van der Waals surface area contributed by atoms with Crippen LogP contribution in [0.3, 0.4) is 0 Å². The summed E-state index contributed by atoms with van der Waals surface area (Å²) >= 11 is 0. The first-order valence-electron chi connectivity index (χ1n) is 9.73. The Morgan fingerprint density at radius 1 is 0.840 bits per heavy atom. The van der Waals surface area contributed by atoms with E-state index in [0.29, 0.717) is 12.0 Å². The smallest absolute Gasteiger partial charge is 0.337 e. The molecule has 0 aliphatic heterocycles. The molecule has 140 valence electrons. The second-order valence-electron chi connectivity index (χ2n) is 6.78. The summed E-state index contributed by atoms with van der Waals surface area (Å²) in [6.45, 7) is 2.24. The van der Waals surface area contributed by atoms with Crippen LogP contribution in [0.2, 0.25) is 0 Å². The first-order chi connectivity index (χ1) is 12.1. The Bertz CT molecular complexity index is 540. The number of carbonyl (C=O) groups is 2. The summed E-state index contributed by atoms with van der Waals surface area (Å²) in [5.74, 6) is -1.15. The third-order valence-corrected chi connectivity index (χ3v) is 4.64. The molecule has 1 rings (SSSR count). The molecule has 0 aromatic heterocycles. The van der Waals surface area contributed by atoms with Gasteiger partial charge in [0.1, 0.15) is 0 Å². The Morgan fingerprint density at radius 3 is 1.84 bits per heavy atom. The summed E-state index contributed by atoms with van der Waals surface area (Å²) in [6.07, 6.45) is 14.0. The number of carboxylic acid groups (broad SMARTS) is 1. The summed E-state index contributed by atoms with van der Waals surface area (Å²) in [7, 11) is 0. The van der Waals surface area contributed by atoms with Crippen molar-refractivity contribution in [3.05, 3.63) is 29.3 Å². The van der Waals surface area contributed by atoms with Gasteiger partial charge in [-0.25, -0.2) is 4.79 Å². The molecule has 0 saturated carbocycles. The van der Waals surface area contributed by atoms with Crippen LogP contribution in [0.25, 0.3) is 0 Å². The largest absolute Gasteiger partial charge is 0.478 e. The van der Waals surface area contributed by atoms with Gasteiger partial charge >= 0.3 is 5.97 Å². The van der Waals surface area contributed by atoms with Crippen molar-refractivity contribution >= 4 is 17.4 Å². The molecular weight excluding hydrogens is 314 g/mol. The van der Waals surface area contributed by atoms with E-state index in [9.17, 15) is 9.59 Å². The van der Waals surface area contributed by atoms with Gasteiger partial charge in [-0.1, -0.05) is 77.2 Å². The summed E-state index contributed by atoms with van der Waals surface area (Å²) in [5.41, 5.74) is 6.24. The molecule has 0 bridgehead atoms. The predicted molar refractivity (Wildman–Crippen MR) is 103 cm³/mol. The molecule has 0 saturated heterocycles. The molecule has 0 fully saturated rings. The van der Waals surface area contributed by atoms with Gasteiger partial charge in [-0.2, -0.15) is 0 Å². The lowest BCUT2D eigenvalue weighted by molar-refractivity contribution is 0.0698. The van der Waals surface area contributed by atoms with Crippen molar-refractivity contribution in [1.82, 2.24) is 0 Å². The van der Waals surface area contributed by atoms with Crippen molar-refractivity contribution in [2.75, 3.05) is 5.73 Å². The van der Waals surface area contributed by atoms with Crippen LogP contribution in [0.5, 0.6) is 0 Å². The van der Waals surface area contributed by atoms with Gasteiger partial charge in [0, 0.05) is 12.0 Å². The minimum absolute atomic E-state index is 0.00443. The zero-order valence-corrected chi connectivity index (χ0v) is 15.6. The second kappa shape index (κ2) is 12.5. The minimum atomic E-state index is -1.10. The fourth-order valence-corrected chi connectivity index (χ4v) is 3.08. The number of hydrogen-bond acceptors (Lipinski definition) is 3. The standard InChI is InChI=1S/C21H33NO3/c1-2-3-4-5-6-7-8-9-10-11-12-16-19(23)17-14-13-15-18(20(17)22)21(24)25/h13-15H,2-12,16,22H2,1H3,(H,24,25). The Kier molecular flexibility index (Phi) is 10.6. The van der Waals surface area contributed by atoms with Crippen LogP contribution in [0.1, 0.15) is 105 Å². The lowest BCUT2D eigenvalue weighted by atomic mass is 9.99. The maximum absolute atomic E-state index is 12.2. The Labute approximate surface area is 151 Å². The lowest BCUT2D eigenvalue weighted by Crippen LogP contribution is -2.09. The van der Waals surface area contributed by atoms with E-state index in [1.807, 2.05) is 0 Å². The van der Waals surface area contributed by atoms with E-state index in [4.69, 9.17) is 10.8 Å². The van der Waals surface area contributed by atoms with Crippen LogP contribution in [0, 0.1) is 0 Å². The highest BCUT2D eigenvalue weighted by Crippen LogP contribution is 2.20. The molecule has 4 nitrogen and oxygen atoms in total. The van der Waals surface area contributed by atoms with Gasteiger partial charge in [-0.15, -0.1) is 0 Å². The van der Waals surface area contributed by atoms with Crippen molar-refractivity contribution < 1.29 is 14.7 Å². The highest BCUT2D eigenvalue weighted by Gasteiger charge is 2.15. The first kappa shape index (κ1) is 21.2. The number of Topliss-reactive ketones (excluding diaryl/α,β-unsaturated/α-hetero) is 1. The van der Waals surface area contributed by atoms with Crippen LogP contribution in [-0.4, -0.2) is 16.9 Å². The number of nitrogen functional groups attached to an aromatic ring is 1. The first-order valence-corrected chi connectivity index (χ1v) is 9.73. The van der Waals surface area contributed by atoms with Gasteiger partial charge in [0.2, 0.25) is 0 Å². The van der Waals surface area contributed by atoms with E-state index in [1.54, 1.807) is 12.1 Å². The number of rotatable bonds is 14. The average Bonchev–Trinajstić information content (AvgIpc) is 2.59. The van der Waals surface area contributed by atoms with Crippen LogP contribution in [0.15, 0.2) is 18.2 Å². The number of nitrogens with two attached hydrogens (primary N) is 1. The summed E-state index contributed by atoms with van der Waals surface area (Å²) < 4.78 is 0. The molecule has 0 spiro atoms. The number of unbranched alkanes of at least 4 members (excludes halogenated alkanes) is 10. The van der Waals surface area contributed by atoms with Crippen molar-refractivity contribution in [1.29, 1.82) is 0 Å². The van der Waals surface area contributed by atoms with Gasteiger partial charge in [0.25, 0.3) is 0 Å². The molecule has 0 amide bonds. The van der Waals surface area contributed by atoms with Crippen molar-refractivity contribution in [3.63, 3.8) is 0 Å². The number of carbonyl (C=O) groups excluding carboxylic acids is 1. The van der Waals surface area contributed by atoms with Gasteiger partial charge in [-0.05, 0) is 18.6 Å². The maximum atomic E-state index is 12.2. The van der Waals surface area contributed by atoms with Crippen LogP contribution in [0.4, 0.5) is 5.69 Å². The van der Waals surface area contributed by atoms with Crippen molar-refractivity contribution in [2.45, 2.75) is 84.0 Å². The monoisotopic (exact) mass is 347 g/mol. The number of hydrogen-bond donors (Lipinski definition) is 2. The van der Waals surface area contributed by atoms with E-state index in [1.165, 1.54) is 57.4 Å². The number of anilines is 1. The lowest BCUT2D eigenvalue weighted by Gasteiger charge is -2.07. The highest BCUT2D eigenvalue weighted by atomic mass is 16.4. The molecule has 0 radical (unpaired) electrons. The number of benzene rings is 1. The molecule has 3 N–H and O–H groups in total. The molecule has 1 aromatic rings. The maximum Gasteiger partial charge on any atom is 0.337 e. The molecule has 0 atom stereocenters. The third-order valence-electron chi connectivity index (χ3n) is 4.64. The van der Waals surface area contributed by atoms with Crippen LogP contribution < -0.4 is 5.73 Å². The van der Waals surface area contributed by atoms with Gasteiger partial charge in [0.15, 0.2) is 5.78 Å². The van der Waals surface area contributed by atoms with Gasteiger partial charge < -0.3 is 10.8 Å². The number of para-hydroxylation sites is 1. The topological polar surface area (TPSA) is 80.4 Å². The van der Waals surface area contributed by atoms with E-state index in [0.717, 1.165) is 19.3 Å². The number of ketones is 1. The fourth-order valence-electron chi connectivity index (χ4n) is 3.08. The molecular formula is C21H33NO3. The molecule has 0 aliphatic rings. The molecule has 1 aromatic carbocycles. The number of aromatic carboxylic acids is 1. The van der Waals surface area contributed by atoms with E-state index < -0.39 is 5.97 Å². The van der Waals surface area contributed by atoms with Gasteiger partial charge in [0.05, 0.1) is 11.3 Å². The molecule has 0 heterocycles. The van der Waals surface area contributed by atoms with Crippen LogP contribution >= 0.6 is 0 Å². The van der Waals surface area contributed by atoms with Crippen molar-refractivity contribution in [2.24, 2.45) is 0 Å². The normalized spacial score (nSPS) is 10.8. The third kappa shape index (κ3) is 8.19. The molecule has 0 aliphatic carbocycles. The fraction of sp³-hybridized carbons (Fsp3) is 0.619. The van der Waals surface area contributed by atoms with Crippen molar-refractivity contribution in [3.8, 4) is 0 Å². The Morgan fingerprint density at radius 2 is 1.32 bits per heavy atom. The summed E-state index contributed by atoms with van der Waals surface area (Å²) in [5, 5.41) is 9.06. The zero-order valence-electron chi connectivity index (χ0n) is 15.6. The quantitative estimate of drug-likeness (QED) is 0.251. The summed E-state index contributed by atoms with van der Waals surface area (Å²) in [4.78, 5) is 23.3. The minimum Gasteiger partial charge on any atom is -0.478 e.